The number of nitrogens with zero attached hydrogens (tertiary/aromatic N) is 2. The highest BCUT2D eigenvalue weighted by Crippen LogP contribution is 2.38. The minimum Gasteiger partial charge on any atom is -0.478 e. The minimum atomic E-state index is -1.81. The van der Waals surface area contributed by atoms with Gasteiger partial charge in [0.1, 0.15) is 0 Å². The van der Waals surface area contributed by atoms with Crippen LogP contribution in [0.5, 0.6) is 0 Å². The van der Waals surface area contributed by atoms with Gasteiger partial charge in [-0.05, 0) is 48.5 Å². The van der Waals surface area contributed by atoms with Crippen molar-refractivity contribution >= 4 is 70.5 Å². The van der Waals surface area contributed by atoms with Gasteiger partial charge in [0.15, 0.2) is 0 Å². The molecular weight excluding hydrogens is 692 g/mol. The van der Waals surface area contributed by atoms with Crippen LogP contribution in [0.15, 0.2) is 72.8 Å². The maximum atomic E-state index is 12.5. The van der Waals surface area contributed by atoms with Crippen molar-refractivity contribution in [3.63, 3.8) is 0 Å². The molecule has 0 bridgehead atoms. The number of carbonyl (C=O) groups is 8. The van der Waals surface area contributed by atoms with Crippen LogP contribution in [0.3, 0.4) is 0 Å². The topological polar surface area (TPSA) is 305 Å². The average Bonchev–Trinajstić information content (AvgIpc) is 3.08. The van der Waals surface area contributed by atoms with Gasteiger partial charge in [0, 0.05) is 13.1 Å². The van der Waals surface area contributed by atoms with E-state index in [1.165, 1.54) is 0 Å². The van der Waals surface area contributed by atoms with Gasteiger partial charge in [-0.25, -0.2) is 38.4 Å². The second-order valence-electron chi connectivity index (χ2n) is 10.5. The highest BCUT2D eigenvalue weighted by molar-refractivity contribution is 6.11. The lowest BCUT2D eigenvalue weighted by Gasteiger charge is -2.34. The quantitative estimate of drug-likeness (QED) is 0.0852. The highest BCUT2D eigenvalue weighted by Gasteiger charge is 2.32. The smallest absolute Gasteiger partial charge is 0.338 e. The lowest BCUT2D eigenvalue weighted by atomic mass is 9.99. The second kappa shape index (κ2) is 14.8. The first kappa shape index (κ1) is 37.1. The van der Waals surface area contributed by atoms with Crippen molar-refractivity contribution < 1.29 is 79.2 Å². The summed E-state index contributed by atoms with van der Waals surface area (Å²) in [5.41, 5.74) is -8.69. The van der Waals surface area contributed by atoms with Crippen molar-refractivity contribution in [2.24, 2.45) is 0 Å². The third-order valence-corrected chi connectivity index (χ3v) is 7.66. The third kappa shape index (κ3) is 7.01. The van der Waals surface area contributed by atoms with E-state index in [1.807, 2.05) is 0 Å². The number of hydrogen-bond donors (Lipinski definition) is 8. The second-order valence-corrected chi connectivity index (χ2v) is 10.5. The van der Waals surface area contributed by atoms with Gasteiger partial charge in [-0.15, -0.1) is 0 Å². The summed E-state index contributed by atoms with van der Waals surface area (Å²) in [6.07, 6.45) is 0. The Morgan fingerprint density at radius 2 is 0.519 bits per heavy atom. The first-order valence-corrected chi connectivity index (χ1v) is 14.4. The van der Waals surface area contributed by atoms with Crippen LogP contribution in [0.4, 0.5) is 22.7 Å². The largest absolute Gasteiger partial charge is 0.478 e. The Bertz CT molecular complexity index is 1900. The van der Waals surface area contributed by atoms with Crippen LogP contribution < -0.4 is 9.80 Å². The molecule has 0 aliphatic carbocycles. The molecule has 266 valence electrons. The number of aromatic carboxylic acids is 8. The molecule has 18 heteroatoms. The standard InChI is InChI=1S/C34H24N2O16/c37-27(38)15-5-1-9-19(23(15)31(45)46)35(20-10-2-6-16(28(39)40)24(20)32(47)48)13-14-36(21-11-3-7-17(29(41)42)25(21)33(49)50)22-12-4-8-18(30(43)44)26(22)34(51)52/h1-12H,13-14H2,(H,37,38)(H,39,40)(H,41,42)(H,43,44)(H,45,46)(H,47,48)(H,49,50)(H,51,52). The molecular formula is C34H24N2O16. The van der Waals surface area contributed by atoms with Crippen LogP contribution >= 0.6 is 0 Å². The zero-order valence-corrected chi connectivity index (χ0v) is 26.1. The van der Waals surface area contributed by atoms with Crippen LogP contribution in [-0.4, -0.2) is 102 Å². The van der Waals surface area contributed by atoms with Crippen molar-refractivity contribution in [3.05, 3.63) is 117 Å². The van der Waals surface area contributed by atoms with E-state index in [1.54, 1.807) is 0 Å². The molecule has 4 rings (SSSR count). The summed E-state index contributed by atoms with van der Waals surface area (Å²) in [4.78, 5) is 100. The van der Waals surface area contributed by atoms with Crippen molar-refractivity contribution in [1.29, 1.82) is 0 Å². The van der Waals surface area contributed by atoms with E-state index in [2.05, 4.69) is 0 Å². The molecule has 0 radical (unpaired) electrons. The van der Waals surface area contributed by atoms with Crippen LogP contribution in [0, 0.1) is 0 Å². The first-order valence-electron chi connectivity index (χ1n) is 14.4. The summed E-state index contributed by atoms with van der Waals surface area (Å²) in [7, 11) is 0. The molecule has 0 saturated carbocycles. The number of anilines is 4. The molecule has 0 unspecified atom stereocenters. The number of rotatable bonds is 15. The zero-order chi connectivity index (χ0) is 38.6. The van der Waals surface area contributed by atoms with Gasteiger partial charge in [0.25, 0.3) is 0 Å². The van der Waals surface area contributed by atoms with Crippen molar-refractivity contribution in [2.45, 2.75) is 0 Å². The monoisotopic (exact) mass is 716 g/mol. The summed E-state index contributed by atoms with van der Waals surface area (Å²) in [5, 5.41) is 79.8. The molecule has 18 nitrogen and oxygen atoms in total. The number of carboxylic acids is 8. The van der Waals surface area contributed by atoms with Gasteiger partial charge < -0.3 is 50.7 Å². The van der Waals surface area contributed by atoms with Gasteiger partial charge in [0.2, 0.25) is 0 Å². The lowest BCUT2D eigenvalue weighted by molar-refractivity contribution is 0.0651. The molecule has 0 aliphatic rings. The first-order chi connectivity index (χ1) is 24.5. The van der Waals surface area contributed by atoms with E-state index in [9.17, 15) is 79.2 Å². The van der Waals surface area contributed by atoms with Gasteiger partial charge in [0.05, 0.1) is 67.3 Å². The number of hydrogen-bond acceptors (Lipinski definition) is 10. The van der Waals surface area contributed by atoms with Crippen LogP contribution in [-0.2, 0) is 0 Å². The predicted octanol–water partition coefficient (Wildman–Crippen LogP) is 4.25. The maximum Gasteiger partial charge on any atom is 0.338 e. The van der Waals surface area contributed by atoms with Crippen molar-refractivity contribution in [2.75, 3.05) is 22.9 Å². The molecule has 0 heterocycles. The van der Waals surface area contributed by atoms with Crippen molar-refractivity contribution in [1.82, 2.24) is 0 Å². The average molecular weight is 717 g/mol. The SMILES string of the molecule is O=C(O)c1cccc(N(CCN(c2cccc(C(=O)O)c2C(=O)O)c2cccc(C(=O)O)c2C(=O)O)c2cccc(C(=O)O)c2C(=O)O)c1C(=O)O. The zero-order valence-electron chi connectivity index (χ0n) is 26.1. The molecule has 52 heavy (non-hydrogen) atoms. The third-order valence-electron chi connectivity index (χ3n) is 7.66. The highest BCUT2D eigenvalue weighted by atomic mass is 16.4. The van der Waals surface area contributed by atoms with E-state index < -0.39 is 128 Å². The summed E-state index contributed by atoms with van der Waals surface area (Å²) in [6.45, 7) is -1.47. The molecule has 0 aliphatic heterocycles. The number of carboxylic acid groups (broad SMARTS) is 8. The lowest BCUT2D eigenvalue weighted by Crippen LogP contribution is -2.34. The predicted molar refractivity (Wildman–Crippen MR) is 175 cm³/mol. The van der Waals surface area contributed by atoms with Gasteiger partial charge in [-0.2, -0.15) is 0 Å². The Kier molecular flexibility index (Phi) is 10.5. The molecule has 0 amide bonds. The van der Waals surface area contributed by atoms with Crippen LogP contribution in [0.2, 0.25) is 0 Å². The van der Waals surface area contributed by atoms with E-state index >= 15 is 0 Å². The fourth-order valence-electron chi connectivity index (χ4n) is 5.61. The van der Waals surface area contributed by atoms with E-state index in [0.29, 0.717) is 0 Å². The summed E-state index contributed by atoms with van der Waals surface area (Å²) >= 11 is 0. The molecule has 4 aromatic rings. The summed E-state index contributed by atoms with van der Waals surface area (Å²) in [5.74, 6) is -14.1. The Morgan fingerprint density at radius 1 is 0.327 bits per heavy atom. The normalized spacial score (nSPS) is 10.5. The molecule has 0 spiro atoms. The molecule has 8 N–H and O–H groups in total. The van der Waals surface area contributed by atoms with Crippen LogP contribution in [0.25, 0.3) is 0 Å². The Labute approximate surface area is 289 Å². The summed E-state index contributed by atoms with van der Waals surface area (Å²) < 4.78 is 0. The van der Waals surface area contributed by atoms with Crippen LogP contribution in [0.1, 0.15) is 82.9 Å². The Morgan fingerprint density at radius 3 is 0.673 bits per heavy atom. The van der Waals surface area contributed by atoms with Gasteiger partial charge >= 0.3 is 47.8 Å². The molecule has 0 saturated heterocycles. The Balaban J connectivity index is 2.13. The van der Waals surface area contributed by atoms with E-state index in [0.717, 1.165) is 82.6 Å². The fraction of sp³-hybridized carbons (Fsp3) is 0.0588. The van der Waals surface area contributed by atoms with Gasteiger partial charge in [-0.1, -0.05) is 24.3 Å². The summed E-state index contributed by atoms with van der Waals surface area (Å²) in [6, 6.07) is 12.4. The van der Waals surface area contributed by atoms with E-state index in [4.69, 9.17) is 0 Å². The molecule has 0 aromatic heterocycles. The Hall–Kier alpha value is -7.76. The van der Waals surface area contributed by atoms with Crippen molar-refractivity contribution in [3.8, 4) is 0 Å². The minimum absolute atomic E-state index is 0.507. The van der Waals surface area contributed by atoms with E-state index in [-0.39, 0.29) is 0 Å². The maximum absolute atomic E-state index is 12.5. The number of benzene rings is 4. The molecule has 0 atom stereocenters. The fourth-order valence-corrected chi connectivity index (χ4v) is 5.61. The van der Waals surface area contributed by atoms with Gasteiger partial charge in [-0.3, -0.25) is 0 Å². The molecule has 0 fully saturated rings. The molecule has 4 aromatic carbocycles.